The van der Waals surface area contributed by atoms with Gasteiger partial charge in [-0.05, 0) is 72.2 Å². The van der Waals surface area contributed by atoms with Crippen LogP contribution in [0.15, 0.2) is 47.1 Å². The standard InChI is InChI=1S/C19H18FN3O4/c1-11-10-15(25-3)8-9-16(11)17-18(23-27-22-17)21-19(24)12(2)26-14-6-4-13(20)5-7-14/h4-10,12H,1-3H3,(H,21,23,24). The van der Waals surface area contributed by atoms with E-state index in [4.69, 9.17) is 14.1 Å². The largest absolute Gasteiger partial charge is 0.497 e. The number of carbonyl (C=O) groups is 1. The summed E-state index contributed by atoms with van der Waals surface area (Å²) in [7, 11) is 1.58. The molecular formula is C19H18FN3O4. The van der Waals surface area contributed by atoms with Crippen LogP contribution in [-0.4, -0.2) is 29.4 Å². The predicted octanol–water partition coefficient (Wildman–Crippen LogP) is 3.60. The lowest BCUT2D eigenvalue weighted by molar-refractivity contribution is -0.122. The molecular weight excluding hydrogens is 353 g/mol. The van der Waals surface area contributed by atoms with Crippen LogP contribution in [0.5, 0.6) is 11.5 Å². The Labute approximate surface area is 155 Å². The lowest BCUT2D eigenvalue weighted by Gasteiger charge is -2.14. The molecule has 0 aliphatic heterocycles. The average molecular weight is 371 g/mol. The minimum atomic E-state index is -0.836. The first-order chi connectivity index (χ1) is 13.0. The molecule has 0 saturated heterocycles. The van der Waals surface area contributed by atoms with Crippen molar-refractivity contribution in [2.75, 3.05) is 12.4 Å². The molecule has 1 amide bonds. The van der Waals surface area contributed by atoms with Crippen molar-refractivity contribution in [2.24, 2.45) is 0 Å². The minimum Gasteiger partial charge on any atom is -0.497 e. The highest BCUT2D eigenvalue weighted by molar-refractivity contribution is 5.96. The monoisotopic (exact) mass is 371 g/mol. The van der Waals surface area contributed by atoms with E-state index in [1.54, 1.807) is 20.1 Å². The Morgan fingerprint density at radius 1 is 1.15 bits per heavy atom. The number of ether oxygens (including phenoxy) is 2. The van der Waals surface area contributed by atoms with Gasteiger partial charge in [0.15, 0.2) is 11.8 Å². The zero-order valence-corrected chi connectivity index (χ0v) is 15.0. The van der Waals surface area contributed by atoms with Crippen LogP contribution in [0.3, 0.4) is 0 Å². The Hall–Kier alpha value is -3.42. The van der Waals surface area contributed by atoms with Crippen molar-refractivity contribution in [1.29, 1.82) is 0 Å². The van der Waals surface area contributed by atoms with E-state index in [2.05, 4.69) is 15.6 Å². The number of nitrogens with zero attached hydrogens (tertiary/aromatic N) is 2. The molecule has 1 aromatic heterocycles. The Bertz CT molecular complexity index is 940. The summed E-state index contributed by atoms with van der Waals surface area (Å²) in [6.45, 7) is 3.46. The van der Waals surface area contributed by atoms with Gasteiger partial charge in [-0.1, -0.05) is 0 Å². The quantitative estimate of drug-likeness (QED) is 0.712. The van der Waals surface area contributed by atoms with Crippen LogP contribution in [0.25, 0.3) is 11.3 Å². The number of rotatable bonds is 6. The second-order valence-electron chi connectivity index (χ2n) is 5.85. The zero-order valence-electron chi connectivity index (χ0n) is 15.0. The lowest BCUT2D eigenvalue weighted by Crippen LogP contribution is -2.30. The highest BCUT2D eigenvalue weighted by Gasteiger charge is 2.21. The number of anilines is 1. The van der Waals surface area contributed by atoms with Crippen LogP contribution in [0.4, 0.5) is 10.2 Å². The van der Waals surface area contributed by atoms with Gasteiger partial charge < -0.3 is 14.8 Å². The van der Waals surface area contributed by atoms with Crippen molar-refractivity contribution in [3.8, 4) is 22.8 Å². The molecule has 0 aliphatic carbocycles. The van der Waals surface area contributed by atoms with E-state index in [0.29, 0.717) is 17.2 Å². The normalized spacial score (nSPS) is 11.7. The summed E-state index contributed by atoms with van der Waals surface area (Å²) in [6, 6.07) is 10.8. The van der Waals surface area contributed by atoms with Crippen LogP contribution in [0.2, 0.25) is 0 Å². The topological polar surface area (TPSA) is 86.5 Å². The van der Waals surface area contributed by atoms with E-state index < -0.39 is 12.0 Å². The molecule has 0 radical (unpaired) electrons. The first-order valence-corrected chi connectivity index (χ1v) is 8.18. The molecule has 7 nitrogen and oxygen atoms in total. The molecule has 2 aromatic carbocycles. The highest BCUT2D eigenvalue weighted by Crippen LogP contribution is 2.30. The van der Waals surface area contributed by atoms with Crippen molar-refractivity contribution in [3.05, 3.63) is 53.8 Å². The fourth-order valence-corrected chi connectivity index (χ4v) is 2.47. The number of aryl methyl sites for hydroxylation is 1. The first kappa shape index (κ1) is 18.4. The fraction of sp³-hybridized carbons (Fsp3) is 0.211. The molecule has 27 heavy (non-hydrogen) atoms. The summed E-state index contributed by atoms with van der Waals surface area (Å²) < 4.78 is 28.4. The van der Waals surface area contributed by atoms with E-state index in [-0.39, 0.29) is 11.6 Å². The lowest BCUT2D eigenvalue weighted by atomic mass is 10.1. The van der Waals surface area contributed by atoms with Gasteiger partial charge in [-0.15, -0.1) is 0 Å². The predicted molar refractivity (Wildman–Crippen MR) is 96.1 cm³/mol. The van der Waals surface area contributed by atoms with Crippen molar-refractivity contribution in [1.82, 2.24) is 10.3 Å². The van der Waals surface area contributed by atoms with Crippen molar-refractivity contribution in [3.63, 3.8) is 0 Å². The molecule has 3 rings (SSSR count). The molecule has 1 unspecified atom stereocenters. The molecule has 140 valence electrons. The van der Waals surface area contributed by atoms with Gasteiger partial charge in [0.2, 0.25) is 5.82 Å². The van der Waals surface area contributed by atoms with Gasteiger partial charge in [0.25, 0.3) is 5.91 Å². The van der Waals surface area contributed by atoms with Crippen LogP contribution >= 0.6 is 0 Å². The third-order valence-electron chi connectivity index (χ3n) is 3.91. The molecule has 0 aliphatic rings. The van der Waals surface area contributed by atoms with Gasteiger partial charge in [-0.2, -0.15) is 0 Å². The summed E-state index contributed by atoms with van der Waals surface area (Å²) >= 11 is 0. The van der Waals surface area contributed by atoms with E-state index in [0.717, 1.165) is 11.1 Å². The molecule has 3 aromatic rings. The number of aromatic nitrogens is 2. The van der Waals surface area contributed by atoms with Gasteiger partial charge >= 0.3 is 0 Å². The van der Waals surface area contributed by atoms with Crippen LogP contribution < -0.4 is 14.8 Å². The average Bonchev–Trinajstić information content (AvgIpc) is 3.11. The van der Waals surface area contributed by atoms with Crippen LogP contribution in [-0.2, 0) is 4.79 Å². The maximum absolute atomic E-state index is 13.0. The second-order valence-corrected chi connectivity index (χ2v) is 5.85. The number of hydrogen-bond acceptors (Lipinski definition) is 6. The molecule has 0 spiro atoms. The van der Waals surface area contributed by atoms with Crippen molar-refractivity contribution >= 4 is 11.7 Å². The smallest absolute Gasteiger partial charge is 0.266 e. The highest BCUT2D eigenvalue weighted by atomic mass is 19.1. The van der Waals surface area contributed by atoms with Gasteiger partial charge in [0.1, 0.15) is 17.3 Å². The Morgan fingerprint density at radius 3 is 2.52 bits per heavy atom. The summed E-state index contributed by atoms with van der Waals surface area (Å²) in [4.78, 5) is 12.4. The maximum atomic E-state index is 13.0. The molecule has 8 heteroatoms. The summed E-state index contributed by atoms with van der Waals surface area (Å²) in [6.07, 6.45) is -0.836. The minimum absolute atomic E-state index is 0.183. The Morgan fingerprint density at radius 2 is 1.85 bits per heavy atom. The molecule has 0 bridgehead atoms. The van der Waals surface area contributed by atoms with E-state index in [1.165, 1.54) is 24.3 Å². The zero-order chi connectivity index (χ0) is 19.4. The number of benzene rings is 2. The molecule has 0 fully saturated rings. The Balaban J connectivity index is 1.74. The number of hydrogen-bond donors (Lipinski definition) is 1. The second kappa shape index (κ2) is 7.86. The van der Waals surface area contributed by atoms with Crippen molar-refractivity contribution < 1.29 is 23.3 Å². The van der Waals surface area contributed by atoms with Crippen LogP contribution in [0, 0.1) is 12.7 Å². The van der Waals surface area contributed by atoms with E-state index in [1.807, 2.05) is 19.1 Å². The fourth-order valence-electron chi connectivity index (χ4n) is 2.47. The van der Waals surface area contributed by atoms with Gasteiger partial charge in [0.05, 0.1) is 7.11 Å². The number of halogens is 1. The molecule has 1 heterocycles. The van der Waals surface area contributed by atoms with E-state index >= 15 is 0 Å². The molecule has 1 N–H and O–H groups in total. The summed E-state index contributed by atoms with van der Waals surface area (Å²) in [5, 5.41) is 10.3. The number of carbonyl (C=O) groups excluding carboxylic acids is 1. The third-order valence-corrected chi connectivity index (χ3v) is 3.91. The van der Waals surface area contributed by atoms with Crippen LogP contribution in [0.1, 0.15) is 12.5 Å². The van der Waals surface area contributed by atoms with Gasteiger partial charge in [-0.25, -0.2) is 9.02 Å². The maximum Gasteiger partial charge on any atom is 0.266 e. The number of nitrogens with one attached hydrogen (secondary N) is 1. The number of amides is 1. The van der Waals surface area contributed by atoms with Crippen molar-refractivity contribution in [2.45, 2.75) is 20.0 Å². The summed E-state index contributed by atoms with van der Waals surface area (Å²) in [5.41, 5.74) is 2.04. The Kier molecular flexibility index (Phi) is 5.35. The number of methoxy groups -OCH3 is 1. The van der Waals surface area contributed by atoms with Gasteiger partial charge in [0, 0.05) is 5.56 Å². The van der Waals surface area contributed by atoms with Gasteiger partial charge in [-0.3, -0.25) is 4.79 Å². The van der Waals surface area contributed by atoms with E-state index in [9.17, 15) is 9.18 Å². The molecule has 1 atom stereocenters. The summed E-state index contributed by atoms with van der Waals surface area (Å²) in [5.74, 6) is 0.445. The SMILES string of the molecule is COc1ccc(-c2nonc2NC(=O)C(C)Oc2ccc(F)cc2)c(C)c1. The third kappa shape index (κ3) is 4.22. The first-order valence-electron chi connectivity index (χ1n) is 8.18. The molecule has 0 saturated carbocycles.